The van der Waals surface area contributed by atoms with Gasteiger partial charge in [0.15, 0.2) is 5.96 Å². The van der Waals surface area contributed by atoms with Crippen LogP contribution in [0.4, 0.5) is 0 Å². The second-order valence-electron chi connectivity index (χ2n) is 7.08. The normalized spacial score (nSPS) is 11.7. The number of nitrogens with zero attached hydrogens (tertiary/aromatic N) is 2. The van der Waals surface area contributed by atoms with Crippen molar-refractivity contribution < 1.29 is 4.74 Å². The number of benzene rings is 1. The van der Waals surface area contributed by atoms with E-state index in [9.17, 15) is 0 Å². The maximum absolute atomic E-state index is 5.40. The Kier molecular flexibility index (Phi) is 10.1. The van der Waals surface area contributed by atoms with E-state index in [1.54, 1.807) is 18.4 Å². The number of halogens is 1. The third-order valence-electron chi connectivity index (χ3n) is 3.82. The number of nitrogens with one attached hydrogen (secondary N) is 2. The van der Waals surface area contributed by atoms with Crippen LogP contribution in [0.1, 0.15) is 44.0 Å². The van der Waals surface area contributed by atoms with Crippen molar-refractivity contribution in [2.75, 3.05) is 20.2 Å². The third-order valence-corrected chi connectivity index (χ3v) is 5.13. The molecule has 2 rings (SSSR count). The van der Waals surface area contributed by atoms with E-state index in [-0.39, 0.29) is 29.4 Å². The highest BCUT2D eigenvalue weighted by molar-refractivity contribution is 14.0. The largest absolute Gasteiger partial charge is 0.496 e. The summed E-state index contributed by atoms with van der Waals surface area (Å²) in [5, 5.41) is 9.92. The van der Waals surface area contributed by atoms with Crippen molar-refractivity contribution in [2.24, 2.45) is 4.99 Å². The lowest BCUT2D eigenvalue weighted by Gasteiger charge is -2.13. The van der Waals surface area contributed by atoms with E-state index in [2.05, 4.69) is 54.8 Å². The SMILES string of the molecule is CCNC(=NCc1csc(C(C)(C)C)n1)NCCc1ccccc1OC.I. The molecule has 0 bridgehead atoms. The summed E-state index contributed by atoms with van der Waals surface area (Å²) in [7, 11) is 1.71. The molecule has 0 saturated heterocycles. The van der Waals surface area contributed by atoms with Gasteiger partial charge in [0.05, 0.1) is 24.4 Å². The minimum Gasteiger partial charge on any atom is -0.496 e. The van der Waals surface area contributed by atoms with Gasteiger partial charge in [-0.15, -0.1) is 35.3 Å². The van der Waals surface area contributed by atoms with Crippen LogP contribution in [0, 0.1) is 0 Å². The van der Waals surface area contributed by atoms with E-state index >= 15 is 0 Å². The van der Waals surface area contributed by atoms with Crippen LogP contribution in [-0.4, -0.2) is 31.1 Å². The zero-order valence-electron chi connectivity index (χ0n) is 16.8. The predicted molar refractivity (Wildman–Crippen MR) is 126 cm³/mol. The lowest BCUT2D eigenvalue weighted by atomic mass is 9.98. The zero-order valence-corrected chi connectivity index (χ0v) is 20.0. The van der Waals surface area contributed by atoms with Crippen LogP contribution < -0.4 is 15.4 Å². The number of guanidine groups is 1. The highest BCUT2D eigenvalue weighted by Gasteiger charge is 2.17. The van der Waals surface area contributed by atoms with E-state index in [1.165, 1.54) is 5.56 Å². The molecule has 0 radical (unpaired) electrons. The Balaban J connectivity index is 0.00000364. The van der Waals surface area contributed by atoms with Gasteiger partial charge in [-0.05, 0) is 25.0 Å². The molecule has 5 nitrogen and oxygen atoms in total. The van der Waals surface area contributed by atoms with Crippen LogP contribution in [0.2, 0.25) is 0 Å². The minimum atomic E-state index is 0. The molecule has 27 heavy (non-hydrogen) atoms. The third kappa shape index (κ3) is 7.65. The second-order valence-corrected chi connectivity index (χ2v) is 7.94. The van der Waals surface area contributed by atoms with Crippen molar-refractivity contribution >= 4 is 41.3 Å². The number of methoxy groups -OCH3 is 1. The summed E-state index contributed by atoms with van der Waals surface area (Å²) < 4.78 is 5.40. The van der Waals surface area contributed by atoms with E-state index in [0.29, 0.717) is 6.54 Å². The Morgan fingerprint density at radius 2 is 1.96 bits per heavy atom. The maximum Gasteiger partial charge on any atom is 0.191 e. The number of aliphatic imine (C=N–C) groups is 1. The monoisotopic (exact) mass is 502 g/mol. The van der Waals surface area contributed by atoms with Crippen LogP contribution in [0.5, 0.6) is 5.75 Å². The number of thiazole rings is 1. The molecule has 0 unspecified atom stereocenters. The maximum atomic E-state index is 5.40. The first-order chi connectivity index (χ1) is 12.4. The molecule has 0 aliphatic heterocycles. The number of rotatable bonds is 7. The molecule has 0 fully saturated rings. The predicted octanol–water partition coefficient (Wildman–Crippen LogP) is 4.37. The number of aromatic nitrogens is 1. The smallest absolute Gasteiger partial charge is 0.191 e. The lowest BCUT2D eigenvalue weighted by molar-refractivity contribution is 0.409. The van der Waals surface area contributed by atoms with Gasteiger partial charge >= 0.3 is 0 Å². The van der Waals surface area contributed by atoms with Crippen LogP contribution in [0.15, 0.2) is 34.6 Å². The van der Waals surface area contributed by atoms with Gasteiger partial charge in [0.1, 0.15) is 5.75 Å². The number of hydrogen-bond donors (Lipinski definition) is 2. The molecule has 0 aliphatic rings. The summed E-state index contributed by atoms with van der Waals surface area (Å²) in [6.07, 6.45) is 0.874. The van der Waals surface area contributed by atoms with Crippen molar-refractivity contribution in [3.05, 3.63) is 45.9 Å². The molecule has 7 heteroatoms. The topological polar surface area (TPSA) is 58.5 Å². The molecule has 2 N–H and O–H groups in total. The molecule has 1 heterocycles. The van der Waals surface area contributed by atoms with Crippen molar-refractivity contribution in [3.63, 3.8) is 0 Å². The van der Waals surface area contributed by atoms with Crippen molar-refractivity contribution in [2.45, 2.75) is 46.1 Å². The molecular weight excluding hydrogens is 471 g/mol. The van der Waals surface area contributed by atoms with Gasteiger partial charge in [0.25, 0.3) is 0 Å². The van der Waals surface area contributed by atoms with Crippen molar-refractivity contribution in [1.82, 2.24) is 15.6 Å². The number of ether oxygens (including phenoxy) is 1. The first-order valence-corrected chi connectivity index (χ1v) is 9.91. The Bertz CT molecular complexity index is 725. The van der Waals surface area contributed by atoms with Gasteiger partial charge in [-0.3, -0.25) is 0 Å². The molecule has 0 amide bonds. The van der Waals surface area contributed by atoms with Gasteiger partial charge in [0.2, 0.25) is 0 Å². The average molecular weight is 502 g/mol. The molecule has 0 saturated carbocycles. The summed E-state index contributed by atoms with van der Waals surface area (Å²) in [6, 6.07) is 8.10. The van der Waals surface area contributed by atoms with Crippen molar-refractivity contribution in [3.8, 4) is 5.75 Å². The molecule has 0 spiro atoms. The molecule has 2 aromatic rings. The van der Waals surface area contributed by atoms with Gasteiger partial charge in [0, 0.05) is 23.9 Å². The Morgan fingerprint density at radius 3 is 2.59 bits per heavy atom. The van der Waals surface area contributed by atoms with E-state index in [4.69, 9.17) is 9.72 Å². The van der Waals surface area contributed by atoms with Gasteiger partial charge < -0.3 is 15.4 Å². The summed E-state index contributed by atoms with van der Waals surface area (Å²) in [6.45, 7) is 10.8. The van der Waals surface area contributed by atoms with Crippen LogP contribution in [-0.2, 0) is 18.4 Å². The molecule has 1 aromatic carbocycles. The second kappa shape index (κ2) is 11.5. The Labute approximate surface area is 184 Å². The van der Waals surface area contributed by atoms with Crippen LogP contribution >= 0.6 is 35.3 Å². The quantitative estimate of drug-likeness (QED) is 0.336. The van der Waals surface area contributed by atoms with Gasteiger partial charge in [-0.2, -0.15) is 0 Å². The standard InChI is InChI=1S/C20H30N4OS.HI/c1-6-21-19(22-12-11-15-9-7-8-10-17(15)25-5)23-13-16-14-26-18(24-16)20(2,3)4;/h7-10,14H,6,11-13H2,1-5H3,(H2,21,22,23);1H. The Hall–Kier alpha value is -1.35. The summed E-state index contributed by atoms with van der Waals surface area (Å²) in [5.41, 5.74) is 2.29. The summed E-state index contributed by atoms with van der Waals surface area (Å²) >= 11 is 1.71. The number of para-hydroxylation sites is 1. The highest BCUT2D eigenvalue weighted by Crippen LogP contribution is 2.25. The summed E-state index contributed by atoms with van der Waals surface area (Å²) in [4.78, 5) is 9.36. The van der Waals surface area contributed by atoms with E-state index < -0.39 is 0 Å². The van der Waals surface area contributed by atoms with Crippen LogP contribution in [0.3, 0.4) is 0 Å². The fraction of sp³-hybridized carbons (Fsp3) is 0.500. The van der Waals surface area contributed by atoms with E-state index in [0.717, 1.165) is 41.9 Å². The molecule has 150 valence electrons. The first kappa shape index (κ1) is 23.7. The number of hydrogen-bond acceptors (Lipinski definition) is 4. The minimum absolute atomic E-state index is 0. The van der Waals surface area contributed by atoms with Crippen molar-refractivity contribution in [1.29, 1.82) is 0 Å². The Morgan fingerprint density at radius 1 is 1.22 bits per heavy atom. The molecule has 0 aliphatic carbocycles. The zero-order chi connectivity index (χ0) is 19.0. The van der Waals surface area contributed by atoms with Crippen LogP contribution in [0.25, 0.3) is 0 Å². The first-order valence-electron chi connectivity index (χ1n) is 9.03. The molecule has 0 atom stereocenters. The average Bonchev–Trinajstić information content (AvgIpc) is 3.09. The van der Waals surface area contributed by atoms with Gasteiger partial charge in [-0.1, -0.05) is 39.0 Å². The summed E-state index contributed by atoms with van der Waals surface area (Å²) in [5.74, 6) is 1.74. The molecule has 1 aromatic heterocycles. The fourth-order valence-electron chi connectivity index (χ4n) is 2.45. The fourth-order valence-corrected chi connectivity index (χ4v) is 3.35. The van der Waals surface area contributed by atoms with Gasteiger partial charge in [-0.25, -0.2) is 9.98 Å². The lowest BCUT2D eigenvalue weighted by Crippen LogP contribution is -2.38. The highest BCUT2D eigenvalue weighted by atomic mass is 127. The van der Waals surface area contributed by atoms with E-state index in [1.807, 2.05) is 18.2 Å². The molecular formula is C20H31IN4OS.